The first-order valence-corrected chi connectivity index (χ1v) is 18.1. The molecular formula is C49H31N3O2. The van der Waals surface area contributed by atoms with Crippen molar-refractivity contribution >= 4 is 72.0 Å². The van der Waals surface area contributed by atoms with Crippen molar-refractivity contribution in [3.63, 3.8) is 0 Å². The minimum atomic E-state index is 0.846. The van der Waals surface area contributed by atoms with Crippen LogP contribution in [0, 0.1) is 0 Å². The molecule has 0 spiro atoms. The van der Waals surface area contributed by atoms with Gasteiger partial charge in [0, 0.05) is 62.0 Å². The highest BCUT2D eigenvalue weighted by molar-refractivity contribution is 6.07. The smallest absolute Gasteiger partial charge is 0.145 e. The predicted octanol–water partition coefficient (Wildman–Crippen LogP) is 13.6. The van der Waals surface area contributed by atoms with Gasteiger partial charge in [0.05, 0.1) is 11.0 Å². The number of nitrogens with zero attached hydrogens (tertiary/aromatic N) is 3. The van der Waals surface area contributed by atoms with Crippen LogP contribution in [0.1, 0.15) is 0 Å². The number of benzene rings is 8. The Balaban J connectivity index is 1.02. The van der Waals surface area contributed by atoms with E-state index in [1.165, 1.54) is 0 Å². The summed E-state index contributed by atoms with van der Waals surface area (Å²) in [6.07, 6.45) is 0. The first kappa shape index (κ1) is 30.3. The number of aromatic nitrogens is 2. The molecule has 0 saturated heterocycles. The van der Waals surface area contributed by atoms with Crippen molar-refractivity contribution in [2.75, 3.05) is 4.90 Å². The number of hydrogen-bond acceptors (Lipinski definition) is 4. The van der Waals surface area contributed by atoms with Crippen molar-refractivity contribution in [2.24, 2.45) is 0 Å². The third-order valence-corrected chi connectivity index (χ3v) is 10.4. The summed E-state index contributed by atoms with van der Waals surface area (Å²) in [5, 5.41) is 4.41. The monoisotopic (exact) mass is 693 g/mol. The van der Waals surface area contributed by atoms with Crippen LogP contribution >= 0.6 is 0 Å². The molecule has 0 bridgehead atoms. The van der Waals surface area contributed by atoms with Crippen LogP contribution in [0.25, 0.3) is 83.1 Å². The average Bonchev–Trinajstić information content (AvgIpc) is 3.93. The van der Waals surface area contributed by atoms with Gasteiger partial charge in [-0.2, -0.15) is 0 Å². The molecule has 254 valence electrons. The van der Waals surface area contributed by atoms with Crippen molar-refractivity contribution in [2.45, 2.75) is 0 Å². The zero-order valence-corrected chi connectivity index (χ0v) is 29.1. The number of para-hydroxylation sites is 5. The molecule has 3 heterocycles. The van der Waals surface area contributed by atoms with Crippen LogP contribution in [0.5, 0.6) is 0 Å². The predicted molar refractivity (Wildman–Crippen MR) is 221 cm³/mol. The van der Waals surface area contributed by atoms with E-state index < -0.39 is 0 Å². The van der Waals surface area contributed by atoms with E-state index >= 15 is 0 Å². The summed E-state index contributed by atoms with van der Waals surface area (Å²) in [6, 6.07) is 65.5. The maximum Gasteiger partial charge on any atom is 0.145 e. The lowest BCUT2D eigenvalue weighted by Crippen LogP contribution is -2.09. The normalized spacial score (nSPS) is 11.7. The van der Waals surface area contributed by atoms with Crippen LogP contribution in [0.3, 0.4) is 0 Å². The Morgan fingerprint density at radius 3 is 1.63 bits per heavy atom. The molecule has 11 aromatic rings. The van der Waals surface area contributed by atoms with Gasteiger partial charge in [-0.05, 0) is 90.0 Å². The molecule has 0 aliphatic heterocycles. The first-order valence-electron chi connectivity index (χ1n) is 18.1. The average molecular weight is 694 g/mol. The van der Waals surface area contributed by atoms with E-state index in [1.807, 2.05) is 36.4 Å². The summed E-state index contributed by atoms with van der Waals surface area (Å²) in [7, 11) is 0. The molecule has 5 nitrogen and oxygen atoms in total. The van der Waals surface area contributed by atoms with E-state index in [-0.39, 0.29) is 0 Å². The minimum absolute atomic E-state index is 0.846. The Hall–Kier alpha value is -7.37. The third kappa shape index (κ3) is 4.90. The topological polar surface area (TPSA) is 47.3 Å². The maximum atomic E-state index is 6.35. The second-order valence-electron chi connectivity index (χ2n) is 13.6. The zero-order valence-electron chi connectivity index (χ0n) is 29.1. The van der Waals surface area contributed by atoms with Crippen LogP contribution in [-0.2, 0) is 0 Å². The highest BCUT2D eigenvalue weighted by Crippen LogP contribution is 2.41. The van der Waals surface area contributed by atoms with Crippen molar-refractivity contribution in [3.05, 3.63) is 188 Å². The summed E-state index contributed by atoms with van der Waals surface area (Å²) in [4.78, 5) is 7.38. The van der Waals surface area contributed by atoms with Gasteiger partial charge in [-0.15, -0.1) is 0 Å². The molecule has 0 unspecified atom stereocenters. The number of imidazole rings is 1. The number of hydrogen-bond donors (Lipinski definition) is 0. The second-order valence-corrected chi connectivity index (χ2v) is 13.6. The first-order chi connectivity index (χ1) is 26.7. The number of rotatable bonds is 6. The molecule has 5 heteroatoms. The van der Waals surface area contributed by atoms with Crippen molar-refractivity contribution < 1.29 is 8.83 Å². The number of fused-ring (bicyclic) bond motifs is 7. The van der Waals surface area contributed by atoms with E-state index in [2.05, 4.69) is 161 Å². The Labute approximate surface area is 310 Å². The molecule has 0 N–H and O–H groups in total. The second kappa shape index (κ2) is 12.1. The van der Waals surface area contributed by atoms with Crippen LogP contribution < -0.4 is 4.90 Å². The van der Waals surface area contributed by atoms with Crippen LogP contribution in [-0.4, -0.2) is 9.55 Å². The lowest BCUT2D eigenvalue weighted by Gasteiger charge is -2.25. The van der Waals surface area contributed by atoms with E-state index in [9.17, 15) is 0 Å². The summed E-state index contributed by atoms with van der Waals surface area (Å²) >= 11 is 0. The van der Waals surface area contributed by atoms with Crippen LogP contribution in [0.2, 0.25) is 0 Å². The largest absolute Gasteiger partial charge is 0.456 e. The summed E-state index contributed by atoms with van der Waals surface area (Å²) in [6.45, 7) is 0. The summed E-state index contributed by atoms with van der Waals surface area (Å²) in [5.41, 5.74) is 12.9. The Kier molecular flexibility index (Phi) is 6.79. The SMILES string of the molecule is c1ccc(-n2c(-c3cccc(-c4ccc(N(c5ccc6c(c5)oc5ccccc56)c5ccc6c(c5)oc5ccccc56)cc4)c3)nc3ccccc32)cc1. The fourth-order valence-electron chi connectivity index (χ4n) is 7.85. The molecule has 54 heavy (non-hydrogen) atoms. The van der Waals surface area contributed by atoms with Gasteiger partial charge in [0.15, 0.2) is 0 Å². The number of anilines is 3. The van der Waals surface area contributed by atoms with Gasteiger partial charge in [0.2, 0.25) is 0 Å². The Bertz CT molecular complexity index is 3060. The van der Waals surface area contributed by atoms with Gasteiger partial charge in [-0.1, -0.05) is 97.1 Å². The molecule has 0 saturated carbocycles. The van der Waals surface area contributed by atoms with Crippen LogP contribution in [0.4, 0.5) is 17.1 Å². The highest BCUT2D eigenvalue weighted by atomic mass is 16.3. The van der Waals surface area contributed by atoms with E-state index in [4.69, 9.17) is 13.8 Å². The van der Waals surface area contributed by atoms with Gasteiger partial charge in [-0.3, -0.25) is 4.57 Å². The van der Waals surface area contributed by atoms with E-state index in [1.54, 1.807) is 0 Å². The van der Waals surface area contributed by atoms with E-state index in [0.717, 1.165) is 100 Å². The summed E-state index contributed by atoms with van der Waals surface area (Å²) in [5.74, 6) is 0.911. The van der Waals surface area contributed by atoms with Crippen molar-refractivity contribution in [1.82, 2.24) is 9.55 Å². The minimum Gasteiger partial charge on any atom is -0.456 e. The van der Waals surface area contributed by atoms with Gasteiger partial charge in [0.25, 0.3) is 0 Å². The highest BCUT2D eigenvalue weighted by Gasteiger charge is 2.19. The Morgan fingerprint density at radius 1 is 0.389 bits per heavy atom. The molecule has 0 aliphatic rings. The van der Waals surface area contributed by atoms with Gasteiger partial charge in [-0.25, -0.2) is 4.98 Å². The molecule has 0 radical (unpaired) electrons. The fraction of sp³-hybridized carbons (Fsp3) is 0. The molecule has 0 fully saturated rings. The molecule has 0 amide bonds. The number of furan rings is 2. The molecule has 8 aromatic carbocycles. The molecule has 3 aromatic heterocycles. The van der Waals surface area contributed by atoms with E-state index in [0.29, 0.717) is 0 Å². The van der Waals surface area contributed by atoms with Gasteiger partial charge in [0.1, 0.15) is 28.2 Å². The molecule has 11 rings (SSSR count). The Morgan fingerprint density at radius 2 is 0.944 bits per heavy atom. The van der Waals surface area contributed by atoms with Gasteiger partial charge < -0.3 is 13.7 Å². The van der Waals surface area contributed by atoms with Gasteiger partial charge >= 0.3 is 0 Å². The van der Waals surface area contributed by atoms with Crippen molar-refractivity contribution in [3.8, 4) is 28.2 Å². The molecular weight excluding hydrogens is 663 g/mol. The molecule has 0 atom stereocenters. The summed E-state index contributed by atoms with van der Waals surface area (Å²) < 4.78 is 15.0. The quantitative estimate of drug-likeness (QED) is 0.174. The fourth-order valence-corrected chi connectivity index (χ4v) is 7.85. The molecule has 0 aliphatic carbocycles. The standard InChI is InChI=1S/C49H31N3O2/c1-2-13-35(14-3-1)52-44-18-7-6-17-43(44)50-49(52)34-12-10-11-33(29-34)32-21-23-36(24-22-32)51(37-25-27-41-39-15-4-8-19-45(39)53-47(41)30-37)38-26-28-42-40-16-5-9-20-46(40)54-48(42)31-38/h1-31H. The zero-order chi connectivity index (χ0) is 35.6. The van der Waals surface area contributed by atoms with Crippen molar-refractivity contribution in [1.29, 1.82) is 0 Å². The lowest BCUT2D eigenvalue weighted by molar-refractivity contribution is 0.669. The van der Waals surface area contributed by atoms with Crippen LogP contribution in [0.15, 0.2) is 197 Å². The maximum absolute atomic E-state index is 6.35. The lowest BCUT2D eigenvalue weighted by atomic mass is 10.0. The third-order valence-electron chi connectivity index (χ3n) is 10.4.